The van der Waals surface area contributed by atoms with Crippen LogP contribution in [-0.4, -0.2) is 17.9 Å². The van der Waals surface area contributed by atoms with E-state index in [4.69, 9.17) is 0 Å². The van der Waals surface area contributed by atoms with Gasteiger partial charge in [-0.25, -0.2) is 0 Å². The smallest absolute Gasteiger partial charge is 0.345 e. The second-order valence-electron chi connectivity index (χ2n) is 5.84. The lowest BCUT2D eigenvalue weighted by molar-refractivity contribution is -0.138. The summed E-state index contributed by atoms with van der Waals surface area (Å²) >= 11 is 0. The molecule has 0 heterocycles. The summed E-state index contributed by atoms with van der Waals surface area (Å²) in [6.45, 7) is 1.99. The molecular formula is C16H19F3N2O2. The molecule has 0 aliphatic heterocycles. The van der Waals surface area contributed by atoms with Gasteiger partial charge in [-0.15, -0.1) is 0 Å². The summed E-state index contributed by atoms with van der Waals surface area (Å²) in [7, 11) is 0. The number of anilines is 1. The topological polar surface area (TPSA) is 58.2 Å². The zero-order valence-corrected chi connectivity index (χ0v) is 12.7. The van der Waals surface area contributed by atoms with E-state index in [1.54, 1.807) is 0 Å². The average Bonchev–Trinajstić information content (AvgIpc) is 2.49. The molecule has 2 N–H and O–H groups in total. The summed E-state index contributed by atoms with van der Waals surface area (Å²) < 4.78 is 38.6. The number of para-hydroxylation sites is 1. The number of alkyl halides is 3. The number of nitrogens with one attached hydrogen (secondary N) is 2. The Kier molecular flexibility index (Phi) is 5.28. The molecule has 7 heteroatoms. The van der Waals surface area contributed by atoms with Gasteiger partial charge >= 0.3 is 18.0 Å². The minimum absolute atomic E-state index is 0.111. The quantitative estimate of drug-likeness (QED) is 0.818. The van der Waals surface area contributed by atoms with Crippen LogP contribution in [-0.2, 0) is 15.8 Å². The lowest BCUT2D eigenvalue weighted by Crippen LogP contribution is -2.45. The molecular weight excluding hydrogens is 309 g/mol. The Balaban J connectivity index is 2.03. The molecule has 0 radical (unpaired) electrons. The van der Waals surface area contributed by atoms with Gasteiger partial charge in [0.25, 0.3) is 0 Å². The predicted octanol–water partition coefficient (Wildman–Crippen LogP) is 3.34. The second kappa shape index (κ2) is 7.02. The van der Waals surface area contributed by atoms with E-state index in [1.807, 2.05) is 6.92 Å². The largest absolute Gasteiger partial charge is 0.418 e. The third-order valence-electron chi connectivity index (χ3n) is 4.11. The number of hydrogen-bond acceptors (Lipinski definition) is 2. The molecule has 2 amide bonds. The molecule has 0 unspecified atom stereocenters. The van der Waals surface area contributed by atoms with E-state index < -0.39 is 29.2 Å². The number of benzene rings is 1. The molecule has 0 spiro atoms. The van der Waals surface area contributed by atoms with Gasteiger partial charge in [-0.2, -0.15) is 13.2 Å². The second-order valence-corrected chi connectivity index (χ2v) is 5.84. The Morgan fingerprint density at radius 2 is 1.74 bits per heavy atom. The SMILES string of the molecule is C[C@H]1CCCC[C@@H]1NC(=O)C(=O)Nc1ccccc1C(F)(F)F. The van der Waals surface area contributed by atoms with Crippen molar-refractivity contribution in [1.82, 2.24) is 5.32 Å². The fourth-order valence-electron chi connectivity index (χ4n) is 2.78. The van der Waals surface area contributed by atoms with Gasteiger partial charge in [0.15, 0.2) is 0 Å². The maximum Gasteiger partial charge on any atom is 0.418 e. The molecule has 1 aromatic rings. The minimum Gasteiger partial charge on any atom is -0.345 e. The Morgan fingerprint density at radius 3 is 2.39 bits per heavy atom. The van der Waals surface area contributed by atoms with E-state index in [0.717, 1.165) is 37.8 Å². The standard InChI is InChI=1S/C16H19F3N2O2/c1-10-6-2-4-8-12(10)20-14(22)15(23)21-13-9-5-3-7-11(13)16(17,18)19/h3,5,7,9-10,12H,2,4,6,8H2,1H3,(H,20,22)(H,21,23)/t10-,12-/m0/s1. The normalized spacial score (nSPS) is 21.6. The maximum absolute atomic E-state index is 12.9. The van der Waals surface area contributed by atoms with Gasteiger partial charge in [-0.05, 0) is 30.9 Å². The van der Waals surface area contributed by atoms with Crippen molar-refractivity contribution < 1.29 is 22.8 Å². The summed E-state index contributed by atoms with van der Waals surface area (Å²) in [5, 5.41) is 4.66. The van der Waals surface area contributed by atoms with Crippen molar-refractivity contribution in [3.63, 3.8) is 0 Å². The third-order valence-corrected chi connectivity index (χ3v) is 4.11. The van der Waals surface area contributed by atoms with Gasteiger partial charge in [-0.1, -0.05) is 31.9 Å². The first kappa shape index (κ1) is 17.3. The van der Waals surface area contributed by atoms with E-state index >= 15 is 0 Å². The summed E-state index contributed by atoms with van der Waals surface area (Å²) in [6, 6.07) is 4.46. The Labute approximate surface area is 132 Å². The zero-order chi connectivity index (χ0) is 17.0. The molecule has 1 fully saturated rings. The Morgan fingerprint density at radius 1 is 1.09 bits per heavy atom. The van der Waals surface area contributed by atoms with Crippen LogP contribution in [0, 0.1) is 5.92 Å². The van der Waals surface area contributed by atoms with Crippen molar-refractivity contribution >= 4 is 17.5 Å². The van der Waals surface area contributed by atoms with Gasteiger partial charge < -0.3 is 10.6 Å². The van der Waals surface area contributed by atoms with Crippen LogP contribution in [0.5, 0.6) is 0 Å². The molecule has 0 bridgehead atoms. The van der Waals surface area contributed by atoms with Crippen LogP contribution in [0.2, 0.25) is 0 Å². The van der Waals surface area contributed by atoms with Gasteiger partial charge in [0.2, 0.25) is 0 Å². The molecule has 23 heavy (non-hydrogen) atoms. The summed E-state index contributed by atoms with van der Waals surface area (Å²) in [5.74, 6) is -1.73. The summed E-state index contributed by atoms with van der Waals surface area (Å²) in [4.78, 5) is 23.8. The number of carbonyl (C=O) groups is 2. The van der Waals surface area contributed by atoms with E-state index in [1.165, 1.54) is 12.1 Å². The maximum atomic E-state index is 12.9. The van der Waals surface area contributed by atoms with Crippen LogP contribution in [0.25, 0.3) is 0 Å². The van der Waals surface area contributed by atoms with Gasteiger partial charge in [0.1, 0.15) is 0 Å². The molecule has 4 nitrogen and oxygen atoms in total. The Bertz CT molecular complexity index is 587. The molecule has 1 aromatic carbocycles. The molecule has 1 saturated carbocycles. The highest BCUT2D eigenvalue weighted by atomic mass is 19.4. The fourth-order valence-corrected chi connectivity index (χ4v) is 2.78. The number of carbonyl (C=O) groups excluding carboxylic acids is 2. The van der Waals surface area contributed by atoms with Crippen LogP contribution < -0.4 is 10.6 Å². The first-order valence-corrected chi connectivity index (χ1v) is 7.57. The van der Waals surface area contributed by atoms with Crippen molar-refractivity contribution in [2.75, 3.05) is 5.32 Å². The van der Waals surface area contributed by atoms with Gasteiger partial charge in [-0.3, -0.25) is 9.59 Å². The molecule has 0 saturated heterocycles. The molecule has 0 aromatic heterocycles. The summed E-state index contributed by atoms with van der Waals surface area (Å²) in [6.07, 6.45) is -0.812. The van der Waals surface area contributed by atoms with Crippen molar-refractivity contribution in [3.8, 4) is 0 Å². The van der Waals surface area contributed by atoms with Crippen LogP contribution >= 0.6 is 0 Å². The lowest BCUT2D eigenvalue weighted by atomic mass is 9.86. The highest BCUT2D eigenvalue weighted by Gasteiger charge is 2.34. The van der Waals surface area contributed by atoms with Gasteiger partial charge in [0, 0.05) is 6.04 Å². The van der Waals surface area contributed by atoms with E-state index in [0.29, 0.717) is 0 Å². The van der Waals surface area contributed by atoms with E-state index in [-0.39, 0.29) is 12.0 Å². The summed E-state index contributed by atoms with van der Waals surface area (Å²) in [5.41, 5.74) is -1.40. The number of halogens is 3. The molecule has 1 aliphatic rings. The van der Waals surface area contributed by atoms with Crippen LogP contribution in [0.1, 0.15) is 38.2 Å². The van der Waals surface area contributed by atoms with E-state index in [2.05, 4.69) is 10.6 Å². The first-order valence-electron chi connectivity index (χ1n) is 7.57. The van der Waals surface area contributed by atoms with Crippen LogP contribution in [0.15, 0.2) is 24.3 Å². The molecule has 1 aliphatic carbocycles. The molecule has 2 atom stereocenters. The first-order chi connectivity index (χ1) is 10.8. The number of hydrogen-bond donors (Lipinski definition) is 2. The zero-order valence-electron chi connectivity index (χ0n) is 12.7. The van der Waals surface area contributed by atoms with Gasteiger partial charge in [0.05, 0.1) is 11.3 Å². The monoisotopic (exact) mass is 328 g/mol. The van der Waals surface area contributed by atoms with Crippen molar-refractivity contribution in [1.29, 1.82) is 0 Å². The predicted molar refractivity (Wildman–Crippen MR) is 79.6 cm³/mol. The molecule has 126 valence electrons. The highest BCUT2D eigenvalue weighted by molar-refractivity contribution is 6.39. The minimum atomic E-state index is -4.60. The van der Waals surface area contributed by atoms with Crippen molar-refractivity contribution in [3.05, 3.63) is 29.8 Å². The van der Waals surface area contributed by atoms with Crippen LogP contribution in [0.3, 0.4) is 0 Å². The average molecular weight is 328 g/mol. The van der Waals surface area contributed by atoms with Crippen molar-refractivity contribution in [2.45, 2.75) is 44.8 Å². The number of amides is 2. The van der Waals surface area contributed by atoms with E-state index in [9.17, 15) is 22.8 Å². The number of rotatable bonds is 2. The highest BCUT2D eigenvalue weighted by Crippen LogP contribution is 2.34. The Hall–Kier alpha value is -2.05. The fraction of sp³-hybridized carbons (Fsp3) is 0.500. The van der Waals surface area contributed by atoms with Crippen molar-refractivity contribution in [2.24, 2.45) is 5.92 Å². The molecule has 2 rings (SSSR count). The van der Waals surface area contributed by atoms with Crippen LogP contribution in [0.4, 0.5) is 18.9 Å². The lowest BCUT2D eigenvalue weighted by Gasteiger charge is -2.29. The third kappa shape index (κ3) is 4.46.